The fourth-order valence-corrected chi connectivity index (χ4v) is 5.01. The molecule has 9 heteroatoms. The van der Waals surface area contributed by atoms with Gasteiger partial charge in [-0.25, -0.2) is 4.98 Å². The molecule has 1 amide bonds. The van der Waals surface area contributed by atoms with Crippen molar-refractivity contribution in [3.63, 3.8) is 0 Å². The van der Waals surface area contributed by atoms with E-state index in [2.05, 4.69) is 21.7 Å². The van der Waals surface area contributed by atoms with Gasteiger partial charge < -0.3 is 15.4 Å². The number of rotatable bonds is 6. The first-order chi connectivity index (χ1) is 12.2. The molecule has 4 rings (SSSR count). The van der Waals surface area contributed by atoms with Crippen molar-refractivity contribution in [3.05, 3.63) is 33.1 Å². The summed E-state index contributed by atoms with van der Waals surface area (Å²) in [6, 6.07) is 2.62. The Morgan fingerprint density at radius 1 is 1.33 bits per heavy atom. The lowest BCUT2D eigenvalue weighted by Gasteiger charge is -2.22. The Bertz CT molecular complexity index is 747. The molecular formula is C18H25Cl2N3O2S2. The summed E-state index contributed by atoms with van der Waals surface area (Å²) in [5, 5.41) is 10.4. The number of nitrogens with one attached hydrogen (secondary N) is 2. The molecule has 0 unspecified atom stereocenters. The molecule has 2 aromatic heterocycles. The van der Waals surface area contributed by atoms with Gasteiger partial charge in [0.15, 0.2) is 0 Å². The molecule has 3 heterocycles. The van der Waals surface area contributed by atoms with Gasteiger partial charge in [-0.05, 0) is 44.7 Å². The number of halogens is 2. The molecule has 2 aromatic rings. The molecule has 0 aromatic carbocycles. The third-order valence-electron chi connectivity index (χ3n) is 4.91. The van der Waals surface area contributed by atoms with E-state index in [0.29, 0.717) is 12.0 Å². The standard InChI is InChI=1S/C18H23N3O2S2.2ClH/c1-11-19-9-17(25-11)21-18(22)13-6-16(24-10-13)14-7-15(14)20-8-12-2-4-23-5-3-12;;/h6,9-10,12,14-15,20H,2-5,7-8H2,1H3,(H,21,22);2*1H/t14-,15-;;/m1../s1. The first kappa shape index (κ1) is 22.6. The van der Waals surface area contributed by atoms with Gasteiger partial charge in [0.05, 0.1) is 16.8 Å². The second-order valence-corrected chi connectivity index (χ2v) is 9.03. The van der Waals surface area contributed by atoms with E-state index < -0.39 is 0 Å². The minimum Gasteiger partial charge on any atom is -0.381 e. The van der Waals surface area contributed by atoms with Crippen molar-refractivity contribution in [2.45, 2.75) is 38.1 Å². The van der Waals surface area contributed by atoms with Crippen LogP contribution < -0.4 is 10.6 Å². The minimum absolute atomic E-state index is 0. The number of hydrogen-bond acceptors (Lipinski definition) is 6. The van der Waals surface area contributed by atoms with Gasteiger partial charge in [0.25, 0.3) is 5.91 Å². The van der Waals surface area contributed by atoms with Crippen LogP contribution in [0, 0.1) is 12.8 Å². The molecule has 0 radical (unpaired) electrons. The van der Waals surface area contributed by atoms with Crippen LogP contribution in [0.5, 0.6) is 0 Å². The minimum atomic E-state index is -0.0430. The fraction of sp³-hybridized carbons (Fsp3) is 0.556. The summed E-state index contributed by atoms with van der Waals surface area (Å²) in [6.45, 7) is 4.84. The van der Waals surface area contributed by atoms with Crippen molar-refractivity contribution in [1.82, 2.24) is 10.3 Å². The highest BCUT2D eigenvalue weighted by atomic mass is 35.5. The zero-order chi connectivity index (χ0) is 17.2. The zero-order valence-corrected chi connectivity index (χ0v) is 18.4. The highest BCUT2D eigenvalue weighted by molar-refractivity contribution is 7.15. The summed E-state index contributed by atoms with van der Waals surface area (Å²) in [6.07, 6.45) is 5.23. The quantitative estimate of drug-likeness (QED) is 0.681. The average molecular weight is 450 g/mol. The number of nitrogens with zero attached hydrogens (tertiary/aromatic N) is 1. The molecule has 2 atom stereocenters. The molecule has 27 heavy (non-hydrogen) atoms. The zero-order valence-electron chi connectivity index (χ0n) is 15.1. The predicted molar refractivity (Wildman–Crippen MR) is 116 cm³/mol. The summed E-state index contributed by atoms with van der Waals surface area (Å²) < 4.78 is 5.41. The number of anilines is 1. The predicted octanol–water partition coefficient (Wildman–Crippen LogP) is 4.48. The number of aryl methyl sites for hydroxylation is 1. The van der Waals surface area contributed by atoms with Crippen LogP contribution in [0.2, 0.25) is 0 Å². The highest BCUT2D eigenvalue weighted by Crippen LogP contribution is 2.43. The van der Waals surface area contributed by atoms with E-state index in [1.165, 1.54) is 35.5 Å². The van der Waals surface area contributed by atoms with Gasteiger partial charge in [-0.1, -0.05) is 0 Å². The van der Waals surface area contributed by atoms with E-state index in [1.807, 2.05) is 12.3 Å². The van der Waals surface area contributed by atoms with Crippen LogP contribution in [-0.4, -0.2) is 36.7 Å². The maximum atomic E-state index is 12.3. The second kappa shape index (κ2) is 10.2. The first-order valence-corrected chi connectivity index (χ1v) is 10.5. The smallest absolute Gasteiger partial charge is 0.257 e. The van der Waals surface area contributed by atoms with Gasteiger partial charge in [-0.15, -0.1) is 47.5 Å². The molecule has 0 spiro atoms. The number of hydrogen-bond donors (Lipinski definition) is 2. The van der Waals surface area contributed by atoms with Gasteiger partial charge in [0, 0.05) is 35.4 Å². The SMILES string of the molecule is Cc1ncc(NC(=O)c2csc([C@@H]3C[C@H]3NCC3CCOCC3)c2)s1.Cl.Cl. The molecule has 2 fully saturated rings. The Labute approximate surface area is 180 Å². The molecular weight excluding hydrogens is 425 g/mol. The van der Waals surface area contributed by atoms with E-state index in [1.54, 1.807) is 17.5 Å². The van der Waals surface area contributed by atoms with E-state index in [9.17, 15) is 4.79 Å². The van der Waals surface area contributed by atoms with Crippen LogP contribution in [0.1, 0.15) is 45.4 Å². The van der Waals surface area contributed by atoms with Gasteiger partial charge in [-0.3, -0.25) is 4.79 Å². The third kappa shape index (κ3) is 5.89. The lowest BCUT2D eigenvalue weighted by Crippen LogP contribution is -2.29. The normalized spacial score (nSPS) is 21.8. The summed E-state index contributed by atoms with van der Waals surface area (Å²) in [5.41, 5.74) is 0.751. The molecule has 1 aliphatic heterocycles. The van der Waals surface area contributed by atoms with Gasteiger partial charge in [0.1, 0.15) is 5.00 Å². The molecule has 2 aliphatic rings. The average Bonchev–Trinajstić information content (AvgIpc) is 3.02. The second-order valence-electron chi connectivity index (χ2n) is 6.85. The lowest BCUT2D eigenvalue weighted by atomic mass is 10.0. The van der Waals surface area contributed by atoms with Crippen molar-refractivity contribution in [3.8, 4) is 0 Å². The summed E-state index contributed by atoms with van der Waals surface area (Å²) in [7, 11) is 0. The van der Waals surface area contributed by atoms with Crippen LogP contribution in [-0.2, 0) is 4.74 Å². The van der Waals surface area contributed by atoms with Crippen LogP contribution >= 0.6 is 47.5 Å². The van der Waals surface area contributed by atoms with E-state index in [-0.39, 0.29) is 30.7 Å². The Morgan fingerprint density at radius 2 is 2.11 bits per heavy atom. The monoisotopic (exact) mass is 449 g/mol. The molecule has 1 aliphatic carbocycles. The maximum absolute atomic E-state index is 12.3. The van der Waals surface area contributed by atoms with Crippen LogP contribution in [0.25, 0.3) is 0 Å². The summed E-state index contributed by atoms with van der Waals surface area (Å²) >= 11 is 3.19. The molecule has 1 saturated heterocycles. The Kier molecular flexibility index (Phi) is 8.52. The Hall–Kier alpha value is -0.700. The third-order valence-corrected chi connectivity index (χ3v) is 6.80. The van der Waals surface area contributed by atoms with Gasteiger partial charge in [-0.2, -0.15) is 0 Å². The number of thiazole rings is 1. The van der Waals surface area contributed by atoms with Crippen molar-refractivity contribution in [2.24, 2.45) is 5.92 Å². The summed E-state index contributed by atoms with van der Waals surface area (Å²) in [5.74, 6) is 1.28. The fourth-order valence-electron chi connectivity index (χ4n) is 3.27. The molecule has 0 bridgehead atoms. The largest absolute Gasteiger partial charge is 0.381 e. The van der Waals surface area contributed by atoms with Crippen LogP contribution in [0.4, 0.5) is 5.00 Å². The number of amides is 1. The Morgan fingerprint density at radius 3 is 2.81 bits per heavy atom. The van der Waals surface area contributed by atoms with Crippen molar-refractivity contribution < 1.29 is 9.53 Å². The van der Waals surface area contributed by atoms with E-state index in [4.69, 9.17) is 4.74 Å². The highest BCUT2D eigenvalue weighted by Gasteiger charge is 2.39. The molecule has 1 saturated carbocycles. The lowest BCUT2D eigenvalue weighted by molar-refractivity contribution is 0.0662. The van der Waals surface area contributed by atoms with E-state index in [0.717, 1.165) is 41.2 Å². The maximum Gasteiger partial charge on any atom is 0.257 e. The van der Waals surface area contributed by atoms with Crippen molar-refractivity contribution in [1.29, 1.82) is 0 Å². The topological polar surface area (TPSA) is 63.2 Å². The number of ether oxygens (including phenoxy) is 1. The first-order valence-electron chi connectivity index (χ1n) is 8.82. The van der Waals surface area contributed by atoms with Crippen LogP contribution in [0.3, 0.4) is 0 Å². The molecule has 2 N–H and O–H groups in total. The summed E-state index contributed by atoms with van der Waals surface area (Å²) in [4.78, 5) is 17.8. The number of aromatic nitrogens is 1. The molecule has 5 nitrogen and oxygen atoms in total. The van der Waals surface area contributed by atoms with Gasteiger partial charge in [0.2, 0.25) is 0 Å². The number of carbonyl (C=O) groups is 1. The molecule has 150 valence electrons. The number of thiophene rings is 1. The van der Waals surface area contributed by atoms with E-state index >= 15 is 0 Å². The van der Waals surface area contributed by atoms with Crippen molar-refractivity contribution in [2.75, 3.05) is 25.1 Å². The number of carbonyl (C=O) groups excluding carboxylic acids is 1. The van der Waals surface area contributed by atoms with Crippen LogP contribution in [0.15, 0.2) is 17.6 Å². The van der Waals surface area contributed by atoms with Crippen molar-refractivity contribution >= 4 is 58.4 Å². The van der Waals surface area contributed by atoms with Gasteiger partial charge >= 0.3 is 0 Å². The Balaban J connectivity index is 0.00000131.